The fourth-order valence-electron chi connectivity index (χ4n) is 1.98. The van der Waals surface area contributed by atoms with Crippen LogP contribution in [0.5, 0.6) is 0 Å². The summed E-state index contributed by atoms with van der Waals surface area (Å²) in [6.07, 6.45) is 2.67. The third-order valence-corrected chi connectivity index (χ3v) is 3.25. The van der Waals surface area contributed by atoms with Crippen LogP contribution in [0.1, 0.15) is 21.5 Å². The zero-order chi connectivity index (χ0) is 17.7. The lowest BCUT2D eigenvalue weighted by molar-refractivity contribution is -0.384. The van der Waals surface area contributed by atoms with Crippen LogP contribution in [0.3, 0.4) is 0 Å². The third-order valence-electron chi connectivity index (χ3n) is 3.25. The molecule has 0 saturated carbocycles. The van der Waals surface area contributed by atoms with E-state index in [1.54, 1.807) is 19.1 Å². The number of non-ortho nitro benzene ring substituents is 1. The molecule has 0 aliphatic heterocycles. The predicted octanol–water partition coefficient (Wildman–Crippen LogP) is 3.25. The van der Waals surface area contributed by atoms with E-state index in [0.717, 1.165) is 5.56 Å². The van der Waals surface area contributed by atoms with E-state index in [4.69, 9.17) is 5.11 Å². The largest absolute Gasteiger partial charge is 0.478 e. The Balaban J connectivity index is 2.13. The molecule has 122 valence electrons. The number of carbonyl (C=O) groups excluding carboxylic acids is 1. The number of carbonyl (C=O) groups is 2. The average molecular weight is 326 g/mol. The standard InChI is InChI=1S/C17H14N2O5/c1-11-5-7-13(17(21)22)10-15(11)18-16(20)8-6-12-3-2-4-14(9-12)19(23)24/h2-10H,1H3,(H,18,20)(H,21,22)/b8-6+. The second-order valence-electron chi connectivity index (χ2n) is 5.01. The predicted molar refractivity (Wildman–Crippen MR) is 88.9 cm³/mol. The first-order valence-electron chi connectivity index (χ1n) is 6.94. The summed E-state index contributed by atoms with van der Waals surface area (Å²) >= 11 is 0. The van der Waals surface area contributed by atoms with E-state index in [9.17, 15) is 19.7 Å². The third kappa shape index (κ3) is 4.26. The highest BCUT2D eigenvalue weighted by Gasteiger charge is 2.08. The van der Waals surface area contributed by atoms with E-state index >= 15 is 0 Å². The molecule has 0 aliphatic carbocycles. The summed E-state index contributed by atoms with van der Waals surface area (Å²) in [5.41, 5.74) is 1.62. The molecule has 0 unspecified atom stereocenters. The zero-order valence-electron chi connectivity index (χ0n) is 12.7. The molecule has 0 bridgehead atoms. The first-order valence-corrected chi connectivity index (χ1v) is 6.94. The Morgan fingerprint density at radius 3 is 2.62 bits per heavy atom. The summed E-state index contributed by atoms with van der Waals surface area (Å²) in [5.74, 6) is -1.55. The van der Waals surface area contributed by atoms with E-state index in [-0.39, 0.29) is 11.3 Å². The maximum atomic E-state index is 12.0. The van der Waals surface area contributed by atoms with Crippen molar-refractivity contribution in [1.82, 2.24) is 0 Å². The van der Waals surface area contributed by atoms with Crippen LogP contribution in [0.25, 0.3) is 6.08 Å². The topological polar surface area (TPSA) is 110 Å². The van der Waals surface area contributed by atoms with Crippen LogP contribution in [0.4, 0.5) is 11.4 Å². The van der Waals surface area contributed by atoms with Crippen molar-refractivity contribution in [2.24, 2.45) is 0 Å². The molecule has 24 heavy (non-hydrogen) atoms. The molecule has 0 aliphatic rings. The maximum absolute atomic E-state index is 12.0. The lowest BCUT2D eigenvalue weighted by Crippen LogP contribution is -2.10. The number of aromatic carboxylic acids is 1. The minimum atomic E-state index is -1.09. The average Bonchev–Trinajstić information content (AvgIpc) is 2.55. The number of anilines is 1. The summed E-state index contributed by atoms with van der Waals surface area (Å²) in [6.45, 7) is 1.74. The monoisotopic (exact) mass is 326 g/mol. The molecule has 0 spiro atoms. The molecule has 7 nitrogen and oxygen atoms in total. The minimum absolute atomic E-state index is 0.0671. The minimum Gasteiger partial charge on any atom is -0.478 e. The molecule has 1 amide bonds. The van der Waals surface area contributed by atoms with Crippen molar-refractivity contribution in [2.45, 2.75) is 6.92 Å². The summed E-state index contributed by atoms with van der Waals surface area (Å²) in [7, 11) is 0. The van der Waals surface area contributed by atoms with Gasteiger partial charge in [-0.25, -0.2) is 4.79 Å². The smallest absolute Gasteiger partial charge is 0.335 e. The zero-order valence-corrected chi connectivity index (χ0v) is 12.7. The fraction of sp³-hybridized carbons (Fsp3) is 0.0588. The van der Waals surface area contributed by atoms with Gasteiger partial charge in [-0.05, 0) is 36.3 Å². The number of carboxylic acids is 1. The van der Waals surface area contributed by atoms with Crippen LogP contribution in [-0.2, 0) is 4.79 Å². The normalized spacial score (nSPS) is 10.5. The molecular weight excluding hydrogens is 312 g/mol. The lowest BCUT2D eigenvalue weighted by atomic mass is 10.1. The van der Waals surface area contributed by atoms with Crippen LogP contribution in [0, 0.1) is 17.0 Å². The molecule has 0 saturated heterocycles. The molecule has 0 aromatic heterocycles. The number of nitrogens with one attached hydrogen (secondary N) is 1. The summed E-state index contributed by atoms with van der Waals surface area (Å²) < 4.78 is 0. The van der Waals surface area contributed by atoms with Gasteiger partial charge in [-0.3, -0.25) is 14.9 Å². The second kappa shape index (κ2) is 7.19. The number of benzene rings is 2. The van der Waals surface area contributed by atoms with Gasteiger partial charge in [-0.15, -0.1) is 0 Å². The number of nitro groups is 1. The number of amides is 1. The van der Waals surface area contributed by atoms with E-state index < -0.39 is 16.8 Å². The van der Waals surface area contributed by atoms with Crippen molar-refractivity contribution in [1.29, 1.82) is 0 Å². The number of aryl methyl sites for hydroxylation is 1. The van der Waals surface area contributed by atoms with Crippen LogP contribution in [0.2, 0.25) is 0 Å². The van der Waals surface area contributed by atoms with Crippen molar-refractivity contribution >= 4 is 29.3 Å². The van der Waals surface area contributed by atoms with Crippen LogP contribution in [-0.4, -0.2) is 21.9 Å². The Kier molecular flexibility index (Phi) is 5.06. The van der Waals surface area contributed by atoms with Gasteiger partial charge in [0, 0.05) is 23.9 Å². The van der Waals surface area contributed by atoms with Crippen LogP contribution >= 0.6 is 0 Å². The Hall–Kier alpha value is -3.48. The molecule has 0 atom stereocenters. The number of rotatable bonds is 5. The number of carboxylic acid groups (broad SMARTS) is 1. The Morgan fingerprint density at radius 1 is 1.21 bits per heavy atom. The van der Waals surface area contributed by atoms with Gasteiger partial charge in [-0.2, -0.15) is 0 Å². The van der Waals surface area contributed by atoms with Gasteiger partial charge >= 0.3 is 5.97 Å². The number of nitrogens with zero attached hydrogens (tertiary/aromatic N) is 1. The number of hydrogen-bond donors (Lipinski definition) is 2. The van der Waals surface area contributed by atoms with Crippen molar-refractivity contribution in [3.8, 4) is 0 Å². The summed E-state index contributed by atoms with van der Waals surface area (Å²) in [4.78, 5) is 33.1. The van der Waals surface area contributed by atoms with E-state index in [1.807, 2.05) is 0 Å². The van der Waals surface area contributed by atoms with Gasteiger partial charge < -0.3 is 10.4 Å². The Bertz CT molecular complexity index is 843. The maximum Gasteiger partial charge on any atom is 0.335 e. The van der Waals surface area contributed by atoms with Crippen molar-refractivity contribution in [3.05, 3.63) is 75.3 Å². The van der Waals surface area contributed by atoms with Crippen molar-refractivity contribution in [3.63, 3.8) is 0 Å². The van der Waals surface area contributed by atoms with Gasteiger partial charge in [0.25, 0.3) is 5.69 Å². The fourth-order valence-corrected chi connectivity index (χ4v) is 1.98. The molecule has 2 N–H and O–H groups in total. The SMILES string of the molecule is Cc1ccc(C(=O)O)cc1NC(=O)/C=C/c1cccc([N+](=O)[O-])c1. The molecule has 2 aromatic carbocycles. The number of hydrogen-bond acceptors (Lipinski definition) is 4. The second-order valence-corrected chi connectivity index (χ2v) is 5.01. The highest BCUT2D eigenvalue weighted by atomic mass is 16.6. The molecule has 7 heteroatoms. The van der Waals surface area contributed by atoms with E-state index in [1.165, 1.54) is 42.5 Å². The summed E-state index contributed by atoms with van der Waals surface area (Å²) in [5, 5.41) is 22.3. The van der Waals surface area contributed by atoms with Gasteiger partial charge in [0.2, 0.25) is 5.91 Å². The van der Waals surface area contributed by atoms with Crippen molar-refractivity contribution < 1.29 is 19.6 Å². The van der Waals surface area contributed by atoms with E-state index in [0.29, 0.717) is 11.3 Å². The van der Waals surface area contributed by atoms with Crippen molar-refractivity contribution in [2.75, 3.05) is 5.32 Å². The Morgan fingerprint density at radius 2 is 1.96 bits per heavy atom. The highest BCUT2D eigenvalue weighted by Crippen LogP contribution is 2.18. The molecule has 0 heterocycles. The lowest BCUT2D eigenvalue weighted by Gasteiger charge is -2.07. The van der Waals surface area contributed by atoms with Gasteiger partial charge in [0.05, 0.1) is 10.5 Å². The van der Waals surface area contributed by atoms with Gasteiger partial charge in [0.1, 0.15) is 0 Å². The summed E-state index contributed by atoms with van der Waals surface area (Å²) in [6, 6.07) is 10.3. The molecule has 0 radical (unpaired) electrons. The van der Waals surface area contributed by atoms with Crippen LogP contribution in [0.15, 0.2) is 48.5 Å². The Labute approximate surface area is 137 Å². The first-order chi connectivity index (χ1) is 11.4. The highest BCUT2D eigenvalue weighted by molar-refractivity contribution is 6.03. The van der Waals surface area contributed by atoms with Gasteiger partial charge in [-0.1, -0.05) is 18.2 Å². The molecule has 0 fully saturated rings. The van der Waals surface area contributed by atoms with Crippen LogP contribution < -0.4 is 5.32 Å². The number of nitro benzene ring substituents is 1. The van der Waals surface area contributed by atoms with E-state index in [2.05, 4.69) is 5.32 Å². The quantitative estimate of drug-likeness (QED) is 0.498. The molecule has 2 rings (SSSR count). The molecule has 2 aromatic rings. The first kappa shape index (κ1) is 16.9. The molecular formula is C17H14N2O5. The van der Waals surface area contributed by atoms with Gasteiger partial charge in [0.15, 0.2) is 0 Å².